The van der Waals surface area contributed by atoms with Gasteiger partial charge < -0.3 is 10.4 Å². The lowest BCUT2D eigenvalue weighted by molar-refractivity contribution is 0.0697. The number of anilines is 1. The molecule has 2 N–H and O–H groups in total. The standard InChI is InChI=1S/C16H21NO2/c18-16(19)13-9-11-15(12-10-13)17-14-7-5-3-1-2-4-6-8-14/h5,7,9-12,14,17H,1-4,6,8H2,(H,18,19)/b7-5+. The SMILES string of the molecule is O=C(O)c1ccc(NC2/C=C/CCCCCC2)cc1. The van der Waals surface area contributed by atoms with Crippen molar-refractivity contribution in [1.82, 2.24) is 0 Å². The van der Waals surface area contributed by atoms with Crippen LogP contribution in [0.3, 0.4) is 0 Å². The largest absolute Gasteiger partial charge is 0.478 e. The number of aromatic carboxylic acids is 1. The quantitative estimate of drug-likeness (QED) is 0.804. The van der Waals surface area contributed by atoms with E-state index in [1.807, 2.05) is 12.1 Å². The molecule has 19 heavy (non-hydrogen) atoms. The Hall–Kier alpha value is -1.77. The van der Waals surface area contributed by atoms with Crippen molar-refractivity contribution in [3.8, 4) is 0 Å². The zero-order valence-electron chi connectivity index (χ0n) is 11.1. The zero-order chi connectivity index (χ0) is 13.5. The fourth-order valence-corrected chi connectivity index (χ4v) is 2.38. The molecule has 3 nitrogen and oxygen atoms in total. The Bertz CT molecular complexity index is 437. The molecule has 0 bridgehead atoms. The number of nitrogens with one attached hydrogen (secondary N) is 1. The van der Waals surface area contributed by atoms with E-state index >= 15 is 0 Å². The third-order valence-electron chi connectivity index (χ3n) is 3.49. The Kier molecular flexibility index (Phi) is 5.01. The smallest absolute Gasteiger partial charge is 0.335 e. The summed E-state index contributed by atoms with van der Waals surface area (Å²) in [5.74, 6) is -0.881. The van der Waals surface area contributed by atoms with Gasteiger partial charge in [-0.2, -0.15) is 0 Å². The van der Waals surface area contributed by atoms with Gasteiger partial charge in [-0.1, -0.05) is 31.4 Å². The number of benzene rings is 1. The first kappa shape index (κ1) is 13.7. The van der Waals surface area contributed by atoms with Crippen LogP contribution in [0.4, 0.5) is 5.69 Å². The van der Waals surface area contributed by atoms with Crippen molar-refractivity contribution in [2.75, 3.05) is 5.32 Å². The molecule has 0 heterocycles. The van der Waals surface area contributed by atoms with E-state index in [4.69, 9.17) is 5.11 Å². The highest BCUT2D eigenvalue weighted by Crippen LogP contribution is 2.17. The molecule has 0 spiro atoms. The van der Waals surface area contributed by atoms with Crippen molar-refractivity contribution in [3.63, 3.8) is 0 Å². The minimum absolute atomic E-state index is 0.329. The Morgan fingerprint density at radius 3 is 2.58 bits per heavy atom. The van der Waals surface area contributed by atoms with Crippen molar-refractivity contribution in [2.24, 2.45) is 0 Å². The second-order valence-electron chi connectivity index (χ2n) is 5.05. The van der Waals surface area contributed by atoms with Gasteiger partial charge >= 0.3 is 5.97 Å². The van der Waals surface area contributed by atoms with Crippen LogP contribution in [0.5, 0.6) is 0 Å². The average molecular weight is 259 g/mol. The molecule has 1 aliphatic rings. The first-order chi connectivity index (χ1) is 9.25. The van der Waals surface area contributed by atoms with E-state index < -0.39 is 5.97 Å². The fourth-order valence-electron chi connectivity index (χ4n) is 2.38. The van der Waals surface area contributed by atoms with E-state index in [1.54, 1.807) is 12.1 Å². The van der Waals surface area contributed by atoms with Crippen LogP contribution in [0, 0.1) is 0 Å². The number of rotatable bonds is 3. The molecule has 3 heteroatoms. The summed E-state index contributed by atoms with van der Waals surface area (Å²) in [5.41, 5.74) is 1.31. The summed E-state index contributed by atoms with van der Waals surface area (Å²) in [5, 5.41) is 12.3. The molecule has 2 rings (SSSR count). The lowest BCUT2D eigenvalue weighted by atomic mass is 10.1. The van der Waals surface area contributed by atoms with Gasteiger partial charge in [-0.3, -0.25) is 0 Å². The normalized spacial score (nSPS) is 21.8. The highest BCUT2D eigenvalue weighted by molar-refractivity contribution is 5.88. The molecule has 0 radical (unpaired) electrons. The van der Waals surface area contributed by atoms with Crippen molar-refractivity contribution < 1.29 is 9.90 Å². The zero-order valence-corrected chi connectivity index (χ0v) is 11.1. The maximum absolute atomic E-state index is 10.8. The van der Waals surface area contributed by atoms with Crippen LogP contribution in [0.1, 0.15) is 48.9 Å². The van der Waals surface area contributed by atoms with Crippen LogP contribution in [-0.4, -0.2) is 17.1 Å². The molecule has 0 aliphatic heterocycles. The predicted molar refractivity (Wildman–Crippen MR) is 77.7 cm³/mol. The monoisotopic (exact) mass is 259 g/mol. The van der Waals surface area contributed by atoms with Gasteiger partial charge in [0, 0.05) is 11.7 Å². The molecule has 0 aromatic heterocycles. The van der Waals surface area contributed by atoms with E-state index in [0.717, 1.165) is 18.5 Å². The minimum Gasteiger partial charge on any atom is -0.478 e. The third kappa shape index (κ3) is 4.43. The maximum Gasteiger partial charge on any atom is 0.335 e. The number of hydrogen-bond acceptors (Lipinski definition) is 2. The summed E-state index contributed by atoms with van der Waals surface area (Å²) in [7, 11) is 0. The predicted octanol–water partition coefficient (Wildman–Crippen LogP) is 4.08. The summed E-state index contributed by atoms with van der Waals surface area (Å²) >= 11 is 0. The second-order valence-corrected chi connectivity index (χ2v) is 5.05. The van der Waals surface area contributed by atoms with Crippen LogP contribution in [0.15, 0.2) is 36.4 Å². The summed E-state index contributed by atoms with van der Waals surface area (Å²) in [6.45, 7) is 0. The van der Waals surface area contributed by atoms with E-state index in [9.17, 15) is 4.79 Å². The average Bonchev–Trinajstić information content (AvgIpc) is 2.53. The first-order valence-electron chi connectivity index (χ1n) is 7.02. The molecule has 0 saturated carbocycles. The second kappa shape index (κ2) is 6.98. The van der Waals surface area contributed by atoms with Gasteiger partial charge in [0.05, 0.1) is 5.56 Å². The number of carboxylic acid groups (broad SMARTS) is 1. The van der Waals surface area contributed by atoms with Crippen molar-refractivity contribution in [2.45, 2.75) is 44.6 Å². The third-order valence-corrected chi connectivity index (χ3v) is 3.49. The van der Waals surface area contributed by atoms with Crippen LogP contribution < -0.4 is 5.32 Å². The van der Waals surface area contributed by atoms with Gasteiger partial charge in [0.25, 0.3) is 0 Å². The Morgan fingerprint density at radius 2 is 1.84 bits per heavy atom. The molecule has 0 amide bonds. The molecular weight excluding hydrogens is 238 g/mol. The van der Waals surface area contributed by atoms with Gasteiger partial charge in [0.15, 0.2) is 0 Å². The van der Waals surface area contributed by atoms with E-state index in [1.165, 1.54) is 25.7 Å². The Morgan fingerprint density at radius 1 is 1.11 bits per heavy atom. The van der Waals surface area contributed by atoms with E-state index in [-0.39, 0.29) is 0 Å². The summed E-state index contributed by atoms with van der Waals surface area (Å²) in [6, 6.07) is 7.31. The fraction of sp³-hybridized carbons (Fsp3) is 0.438. The molecule has 1 aliphatic carbocycles. The number of allylic oxidation sites excluding steroid dienone is 1. The van der Waals surface area contributed by atoms with Gasteiger partial charge in [0.2, 0.25) is 0 Å². The summed E-state index contributed by atoms with van der Waals surface area (Å²) in [6.07, 6.45) is 12.0. The van der Waals surface area contributed by atoms with Gasteiger partial charge in [-0.15, -0.1) is 0 Å². The molecular formula is C16H21NO2. The summed E-state index contributed by atoms with van der Waals surface area (Å²) in [4.78, 5) is 10.8. The molecule has 0 fully saturated rings. The van der Waals surface area contributed by atoms with Crippen LogP contribution >= 0.6 is 0 Å². The van der Waals surface area contributed by atoms with Crippen LogP contribution in [0.2, 0.25) is 0 Å². The first-order valence-corrected chi connectivity index (χ1v) is 7.02. The number of carboxylic acids is 1. The van der Waals surface area contributed by atoms with E-state index in [0.29, 0.717) is 11.6 Å². The van der Waals surface area contributed by atoms with Crippen LogP contribution in [-0.2, 0) is 0 Å². The lowest BCUT2D eigenvalue weighted by Crippen LogP contribution is -2.16. The molecule has 0 saturated heterocycles. The molecule has 1 unspecified atom stereocenters. The van der Waals surface area contributed by atoms with E-state index in [2.05, 4.69) is 17.5 Å². The molecule has 102 valence electrons. The minimum atomic E-state index is -0.881. The topological polar surface area (TPSA) is 49.3 Å². The number of carbonyl (C=O) groups is 1. The summed E-state index contributed by atoms with van der Waals surface area (Å²) < 4.78 is 0. The maximum atomic E-state index is 10.8. The Balaban J connectivity index is 1.97. The molecule has 1 aromatic carbocycles. The van der Waals surface area contributed by atoms with Gasteiger partial charge in [-0.25, -0.2) is 4.79 Å². The van der Waals surface area contributed by atoms with Crippen molar-refractivity contribution >= 4 is 11.7 Å². The Labute approximate surface area is 114 Å². The molecule has 1 atom stereocenters. The molecule has 1 aromatic rings. The highest BCUT2D eigenvalue weighted by Gasteiger charge is 2.07. The van der Waals surface area contributed by atoms with Crippen LogP contribution in [0.25, 0.3) is 0 Å². The van der Waals surface area contributed by atoms with Crippen molar-refractivity contribution in [1.29, 1.82) is 0 Å². The van der Waals surface area contributed by atoms with Gasteiger partial charge in [-0.05, 0) is 43.5 Å². The van der Waals surface area contributed by atoms with Crippen molar-refractivity contribution in [3.05, 3.63) is 42.0 Å². The lowest BCUT2D eigenvalue weighted by Gasteiger charge is -2.16. The highest BCUT2D eigenvalue weighted by atomic mass is 16.4. The number of hydrogen-bond donors (Lipinski definition) is 2. The van der Waals surface area contributed by atoms with Gasteiger partial charge in [0.1, 0.15) is 0 Å².